The van der Waals surface area contributed by atoms with Crippen LogP contribution in [0.15, 0.2) is 78.9 Å². The van der Waals surface area contributed by atoms with Crippen LogP contribution in [-0.4, -0.2) is 48.6 Å². The van der Waals surface area contributed by atoms with Gasteiger partial charge < -0.3 is 21.1 Å². The first-order chi connectivity index (χ1) is 19.9. The average Bonchev–Trinajstić information content (AvgIpc) is 3.60. The average molecular weight is 553 g/mol. The maximum absolute atomic E-state index is 13.6. The van der Waals surface area contributed by atoms with Gasteiger partial charge in [0.05, 0.1) is 30.0 Å². The van der Waals surface area contributed by atoms with Gasteiger partial charge in [-0.3, -0.25) is 14.5 Å². The van der Waals surface area contributed by atoms with Crippen molar-refractivity contribution in [3.8, 4) is 0 Å². The number of nitrogens with one attached hydrogen (secondary N) is 2. The molecule has 0 aliphatic carbocycles. The predicted molar refractivity (Wildman–Crippen MR) is 166 cm³/mol. The molecule has 0 aromatic heterocycles. The number of hydrogen-bond donors (Lipinski definition) is 3. The van der Waals surface area contributed by atoms with Gasteiger partial charge in [0.25, 0.3) is 0 Å². The first-order valence-corrected chi connectivity index (χ1v) is 14.6. The van der Waals surface area contributed by atoms with Crippen LogP contribution in [0.2, 0.25) is 0 Å². The highest BCUT2D eigenvalue weighted by atomic mass is 16.5. The molecule has 2 amide bonds. The summed E-state index contributed by atoms with van der Waals surface area (Å²) in [6, 6.07) is 23.7. The molecule has 2 fully saturated rings. The van der Waals surface area contributed by atoms with Gasteiger partial charge >= 0.3 is 0 Å². The molecular weight excluding hydrogens is 512 g/mol. The highest BCUT2D eigenvalue weighted by molar-refractivity contribution is 6.03. The maximum atomic E-state index is 13.6. The second kappa shape index (κ2) is 13.1. The van der Waals surface area contributed by atoms with Crippen LogP contribution >= 0.6 is 0 Å². The molecule has 3 aromatic rings. The van der Waals surface area contributed by atoms with E-state index in [1.54, 1.807) is 18.2 Å². The van der Waals surface area contributed by atoms with Crippen LogP contribution in [-0.2, 0) is 14.3 Å². The first kappa shape index (κ1) is 28.6. The fraction of sp³-hybridized carbons (Fsp3) is 0.353. The Morgan fingerprint density at radius 3 is 2.39 bits per heavy atom. The number of benzene rings is 3. The zero-order valence-electron chi connectivity index (χ0n) is 23.9. The summed E-state index contributed by atoms with van der Waals surface area (Å²) in [7, 11) is 0. The molecule has 3 aromatic carbocycles. The monoisotopic (exact) mass is 552 g/mol. The zero-order valence-corrected chi connectivity index (χ0v) is 23.9. The van der Waals surface area contributed by atoms with Gasteiger partial charge in [-0.2, -0.15) is 0 Å². The van der Waals surface area contributed by atoms with Crippen LogP contribution in [0.1, 0.15) is 61.6 Å². The smallest absolute Gasteiger partial charge is 0.248 e. The predicted octanol–water partition coefficient (Wildman–Crippen LogP) is 6.02. The number of para-hydroxylation sites is 2. The molecule has 3 atom stereocenters. The van der Waals surface area contributed by atoms with Gasteiger partial charge in [-0.25, -0.2) is 0 Å². The van der Waals surface area contributed by atoms with Crippen molar-refractivity contribution in [3.63, 3.8) is 0 Å². The molecule has 7 nitrogen and oxygen atoms in total. The van der Waals surface area contributed by atoms with Gasteiger partial charge in [-0.15, -0.1) is 0 Å². The van der Waals surface area contributed by atoms with E-state index < -0.39 is 0 Å². The van der Waals surface area contributed by atoms with E-state index in [0.717, 1.165) is 55.8 Å². The summed E-state index contributed by atoms with van der Waals surface area (Å²) >= 11 is 0. The summed E-state index contributed by atoms with van der Waals surface area (Å²) < 4.78 is 5.75. The molecule has 5 rings (SSSR count). The minimum atomic E-state index is -0.279. The Balaban J connectivity index is 1.24. The summed E-state index contributed by atoms with van der Waals surface area (Å²) in [5.74, 6) is -0.0995. The van der Waals surface area contributed by atoms with Crippen LogP contribution in [0.4, 0.5) is 17.1 Å². The fourth-order valence-electron chi connectivity index (χ4n) is 5.68. The molecule has 2 bridgehead atoms. The number of likely N-dealkylation sites (tertiary alicyclic amines) is 1. The zero-order chi connectivity index (χ0) is 28.8. The van der Waals surface area contributed by atoms with Crippen LogP contribution in [0, 0.1) is 0 Å². The van der Waals surface area contributed by atoms with E-state index >= 15 is 0 Å². The summed E-state index contributed by atoms with van der Waals surface area (Å²) in [6.45, 7) is 7.11. The number of ether oxygens (including phenoxy) is 1. The SMILES string of the molecule is CC(C)c1ccc(NC(=O)C(CCCN2C[C@H]3C[C@@H]2CO3)c2ccc(/C=C/C(=O)Nc3ccccc3N)cc2)cc1. The number of nitrogen functional groups attached to an aromatic ring is 1. The molecule has 214 valence electrons. The molecule has 0 radical (unpaired) electrons. The van der Waals surface area contributed by atoms with Gasteiger partial charge in [-0.05, 0) is 78.8 Å². The number of hydrogen-bond acceptors (Lipinski definition) is 5. The number of nitrogens with zero attached hydrogens (tertiary/aromatic N) is 1. The second-order valence-corrected chi connectivity index (χ2v) is 11.4. The van der Waals surface area contributed by atoms with Crippen LogP contribution in [0.5, 0.6) is 0 Å². The Kier molecular flexibility index (Phi) is 9.17. The number of nitrogens with two attached hydrogens (primary N) is 1. The third-order valence-corrected chi connectivity index (χ3v) is 8.10. The van der Waals surface area contributed by atoms with Crippen molar-refractivity contribution < 1.29 is 14.3 Å². The topological polar surface area (TPSA) is 96.7 Å². The normalized spacial score (nSPS) is 19.1. The molecule has 1 unspecified atom stereocenters. The highest BCUT2D eigenvalue weighted by Crippen LogP contribution is 2.30. The summed E-state index contributed by atoms with van der Waals surface area (Å²) in [5, 5.41) is 5.94. The Hall–Kier alpha value is -3.94. The third-order valence-electron chi connectivity index (χ3n) is 8.10. The van der Waals surface area contributed by atoms with Gasteiger partial charge in [-0.1, -0.05) is 62.4 Å². The van der Waals surface area contributed by atoms with Crippen LogP contribution in [0.25, 0.3) is 6.08 Å². The third kappa shape index (κ3) is 7.43. The lowest BCUT2D eigenvalue weighted by molar-refractivity contribution is -0.117. The molecule has 7 heteroatoms. The van der Waals surface area contributed by atoms with E-state index in [1.165, 1.54) is 11.6 Å². The lowest BCUT2D eigenvalue weighted by Crippen LogP contribution is -2.37. The molecule has 2 aliphatic heterocycles. The number of anilines is 3. The highest BCUT2D eigenvalue weighted by Gasteiger charge is 2.38. The quantitative estimate of drug-likeness (QED) is 0.200. The first-order valence-electron chi connectivity index (χ1n) is 14.6. The van der Waals surface area contributed by atoms with Gasteiger partial charge in [0, 0.05) is 24.4 Å². The van der Waals surface area contributed by atoms with Crippen molar-refractivity contribution in [1.82, 2.24) is 4.90 Å². The van der Waals surface area contributed by atoms with Crippen molar-refractivity contribution in [2.45, 2.75) is 57.1 Å². The Bertz CT molecular complexity index is 1370. The van der Waals surface area contributed by atoms with E-state index in [9.17, 15) is 9.59 Å². The van der Waals surface area contributed by atoms with Gasteiger partial charge in [0.2, 0.25) is 11.8 Å². The molecule has 2 saturated heterocycles. The van der Waals surface area contributed by atoms with E-state index in [2.05, 4.69) is 41.5 Å². The molecule has 0 saturated carbocycles. The molecule has 2 aliphatic rings. The van der Waals surface area contributed by atoms with Crippen molar-refractivity contribution in [2.75, 3.05) is 36.1 Å². The number of carbonyl (C=O) groups excluding carboxylic acids is 2. The lowest BCUT2D eigenvalue weighted by Gasteiger charge is -2.27. The van der Waals surface area contributed by atoms with E-state index in [4.69, 9.17) is 10.5 Å². The van der Waals surface area contributed by atoms with E-state index in [1.807, 2.05) is 48.5 Å². The van der Waals surface area contributed by atoms with Gasteiger partial charge in [0.1, 0.15) is 0 Å². The second-order valence-electron chi connectivity index (χ2n) is 11.4. The fourth-order valence-corrected chi connectivity index (χ4v) is 5.68. The number of morpholine rings is 1. The van der Waals surface area contributed by atoms with E-state index in [0.29, 0.717) is 29.4 Å². The minimum absolute atomic E-state index is 0.00306. The standard InChI is InChI=1S/C34H40N4O3/c1-23(2)25-14-16-27(17-15-25)36-34(40)30(6-5-19-38-21-29-20-28(38)22-41-29)26-12-9-24(10-13-26)11-18-33(39)37-32-8-4-3-7-31(32)35/h3-4,7-18,23,28-30H,5-6,19-22,35H2,1-2H3,(H,36,40)(H,37,39)/b18-11+/t28-,29-,30?/m1/s1. The number of carbonyl (C=O) groups is 2. The molecule has 2 heterocycles. The summed E-state index contributed by atoms with van der Waals surface area (Å²) in [5.41, 5.74) is 10.9. The Morgan fingerprint density at radius 2 is 1.73 bits per heavy atom. The van der Waals surface area contributed by atoms with Crippen molar-refractivity contribution in [1.29, 1.82) is 0 Å². The van der Waals surface area contributed by atoms with Crippen molar-refractivity contribution in [3.05, 3.63) is 95.6 Å². The van der Waals surface area contributed by atoms with Crippen LogP contribution in [0.3, 0.4) is 0 Å². The Morgan fingerprint density at radius 1 is 1.00 bits per heavy atom. The largest absolute Gasteiger partial charge is 0.397 e. The summed E-state index contributed by atoms with van der Waals surface area (Å²) in [6.07, 6.45) is 6.43. The summed E-state index contributed by atoms with van der Waals surface area (Å²) in [4.78, 5) is 28.5. The number of fused-ring (bicyclic) bond motifs is 2. The van der Waals surface area contributed by atoms with Gasteiger partial charge in [0.15, 0.2) is 0 Å². The maximum Gasteiger partial charge on any atom is 0.248 e. The molecule has 4 N–H and O–H groups in total. The van der Waals surface area contributed by atoms with Crippen LogP contribution < -0.4 is 16.4 Å². The molecule has 41 heavy (non-hydrogen) atoms. The Labute approximate surface area is 242 Å². The minimum Gasteiger partial charge on any atom is -0.397 e. The lowest BCUT2D eigenvalue weighted by atomic mass is 9.92. The number of rotatable bonds is 11. The molecular formula is C34H40N4O3. The molecule has 0 spiro atoms. The van der Waals surface area contributed by atoms with Crippen molar-refractivity contribution >= 4 is 35.0 Å². The van der Waals surface area contributed by atoms with Crippen molar-refractivity contribution in [2.24, 2.45) is 0 Å². The number of amides is 2. The van der Waals surface area contributed by atoms with E-state index in [-0.39, 0.29) is 17.7 Å².